The smallest absolute Gasteiger partial charge is 0.311 e. The van der Waals surface area contributed by atoms with Gasteiger partial charge in [0.05, 0.1) is 33.1 Å². The summed E-state index contributed by atoms with van der Waals surface area (Å²) in [7, 11) is 0. The lowest BCUT2D eigenvalue weighted by Crippen LogP contribution is -2.36. The monoisotopic (exact) mass is 385 g/mol. The van der Waals surface area contributed by atoms with Gasteiger partial charge in [0.15, 0.2) is 10.9 Å². The SMILES string of the molecule is Cc1c(C=O)sc2c(N3CCOCC3)nc(Br)c([N+](=O)[O-])c12. The van der Waals surface area contributed by atoms with Crippen LogP contribution in [0.15, 0.2) is 4.60 Å². The fraction of sp³-hybridized carbons (Fsp3) is 0.385. The van der Waals surface area contributed by atoms with Gasteiger partial charge in [-0.15, -0.1) is 11.3 Å². The number of thiophene rings is 1. The largest absolute Gasteiger partial charge is 0.378 e. The molecule has 0 amide bonds. The maximum Gasteiger partial charge on any atom is 0.311 e. The van der Waals surface area contributed by atoms with Crippen molar-refractivity contribution in [3.8, 4) is 0 Å². The van der Waals surface area contributed by atoms with Gasteiger partial charge >= 0.3 is 5.69 Å². The van der Waals surface area contributed by atoms with Crippen LogP contribution < -0.4 is 4.90 Å². The van der Waals surface area contributed by atoms with Crippen molar-refractivity contribution < 1.29 is 14.5 Å². The number of halogens is 1. The van der Waals surface area contributed by atoms with Gasteiger partial charge in [0, 0.05) is 13.1 Å². The van der Waals surface area contributed by atoms with Crippen LogP contribution in [0.3, 0.4) is 0 Å². The number of anilines is 1. The van der Waals surface area contributed by atoms with Gasteiger partial charge in [-0.1, -0.05) is 0 Å². The third-order valence-electron chi connectivity index (χ3n) is 3.62. The molecule has 0 atom stereocenters. The quantitative estimate of drug-likeness (QED) is 0.349. The lowest BCUT2D eigenvalue weighted by Gasteiger charge is -2.28. The average molecular weight is 386 g/mol. The van der Waals surface area contributed by atoms with E-state index in [9.17, 15) is 14.9 Å². The molecule has 7 nitrogen and oxygen atoms in total. The zero-order valence-electron chi connectivity index (χ0n) is 11.7. The summed E-state index contributed by atoms with van der Waals surface area (Å²) in [6.45, 7) is 4.23. The Morgan fingerprint density at radius 1 is 1.45 bits per heavy atom. The van der Waals surface area contributed by atoms with Gasteiger partial charge < -0.3 is 9.64 Å². The number of ether oxygens (including phenoxy) is 1. The van der Waals surface area contributed by atoms with Gasteiger partial charge in [-0.05, 0) is 28.4 Å². The first-order valence-corrected chi connectivity index (χ1v) is 8.20. The number of carbonyl (C=O) groups is 1. The van der Waals surface area contributed by atoms with Crippen molar-refractivity contribution in [2.24, 2.45) is 0 Å². The number of hydrogen-bond acceptors (Lipinski definition) is 7. The summed E-state index contributed by atoms with van der Waals surface area (Å²) in [6, 6.07) is 0. The van der Waals surface area contributed by atoms with Gasteiger partial charge in [-0.2, -0.15) is 0 Å². The van der Waals surface area contributed by atoms with Crippen molar-refractivity contribution in [3.63, 3.8) is 0 Å². The summed E-state index contributed by atoms with van der Waals surface area (Å²) in [5, 5.41) is 11.9. The molecule has 0 aliphatic carbocycles. The van der Waals surface area contributed by atoms with Gasteiger partial charge in [0.1, 0.15) is 5.82 Å². The third-order valence-corrected chi connectivity index (χ3v) is 5.39. The molecule has 2 aromatic heterocycles. The number of aryl methyl sites for hydroxylation is 1. The zero-order chi connectivity index (χ0) is 15.9. The molecular weight excluding hydrogens is 374 g/mol. The fourth-order valence-electron chi connectivity index (χ4n) is 2.54. The summed E-state index contributed by atoms with van der Waals surface area (Å²) >= 11 is 4.45. The van der Waals surface area contributed by atoms with Crippen molar-refractivity contribution in [1.82, 2.24) is 4.98 Å². The molecule has 0 aromatic carbocycles. The molecular formula is C13H12BrN3O4S. The molecule has 0 bridgehead atoms. The van der Waals surface area contributed by atoms with E-state index in [-0.39, 0.29) is 10.3 Å². The van der Waals surface area contributed by atoms with Crippen LogP contribution in [0.25, 0.3) is 10.1 Å². The van der Waals surface area contributed by atoms with E-state index in [2.05, 4.69) is 20.9 Å². The first-order valence-electron chi connectivity index (χ1n) is 6.59. The van der Waals surface area contributed by atoms with Crippen molar-refractivity contribution in [2.45, 2.75) is 6.92 Å². The van der Waals surface area contributed by atoms with E-state index in [0.29, 0.717) is 52.6 Å². The molecule has 1 fully saturated rings. The normalized spacial score (nSPS) is 15.3. The summed E-state index contributed by atoms with van der Waals surface area (Å²) in [6.07, 6.45) is 0.737. The minimum Gasteiger partial charge on any atom is -0.378 e. The topological polar surface area (TPSA) is 85.6 Å². The number of fused-ring (bicyclic) bond motifs is 1. The maximum absolute atomic E-state index is 11.4. The zero-order valence-corrected chi connectivity index (χ0v) is 14.1. The Morgan fingerprint density at radius 2 is 2.14 bits per heavy atom. The summed E-state index contributed by atoms with van der Waals surface area (Å²) in [4.78, 5) is 29.1. The molecule has 0 spiro atoms. The molecule has 3 rings (SSSR count). The highest BCUT2D eigenvalue weighted by Gasteiger charge is 2.28. The number of aldehydes is 1. The molecule has 22 heavy (non-hydrogen) atoms. The van der Waals surface area contributed by atoms with E-state index in [1.165, 1.54) is 11.3 Å². The van der Waals surface area contributed by atoms with E-state index in [0.717, 1.165) is 6.29 Å². The molecule has 0 unspecified atom stereocenters. The highest BCUT2D eigenvalue weighted by Crippen LogP contribution is 2.44. The second-order valence-electron chi connectivity index (χ2n) is 4.84. The molecule has 9 heteroatoms. The lowest BCUT2D eigenvalue weighted by molar-refractivity contribution is -0.384. The van der Waals surface area contributed by atoms with E-state index < -0.39 is 4.92 Å². The predicted octanol–water partition coefficient (Wildman–Crippen LogP) is 2.92. The van der Waals surface area contributed by atoms with Gasteiger partial charge in [0.2, 0.25) is 0 Å². The molecule has 0 N–H and O–H groups in total. The minimum atomic E-state index is -0.461. The van der Waals surface area contributed by atoms with Crippen LogP contribution in [0.5, 0.6) is 0 Å². The Bertz CT molecular complexity index is 770. The fourth-order valence-corrected chi connectivity index (χ4v) is 4.19. The predicted molar refractivity (Wildman–Crippen MR) is 87.1 cm³/mol. The Kier molecular flexibility index (Phi) is 4.11. The van der Waals surface area contributed by atoms with E-state index >= 15 is 0 Å². The maximum atomic E-state index is 11.4. The number of morpholine rings is 1. The average Bonchev–Trinajstić information content (AvgIpc) is 2.84. The molecule has 1 saturated heterocycles. The van der Waals surface area contributed by atoms with Gasteiger partial charge in [0.25, 0.3) is 0 Å². The standard InChI is InChI=1S/C13H12BrN3O4S/c1-7-8(6-18)22-11-9(7)10(17(19)20)12(14)15-13(11)16-2-4-21-5-3-16/h6H,2-5H2,1H3. The second-order valence-corrected chi connectivity index (χ2v) is 6.65. The Hall–Kier alpha value is -1.58. The number of nitrogens with zero attached hydrogens (tertiary/aromatic N) is 3. The number of aromatic nitrogens is 1. The first kappa shape index (κ1) is 15.3. The highest BCUT2D eigenvalue weighted by molar-refractivity contribution is 9.10. The molecule has 116 valence electrons. The summed E-state index contributed by atoms with van der Waals surface area (Å²) in [5.41, 5.74) is 0.535. The lowest BCUT2D eigenvalue weighted by atomic mass is 10.1. The first-order chi connectivity index (χ1) is 10.5. The van der Waals surface area contributed by atoms with Crippen LogP contribution in [0.4, 0.5) is 11.5 Å². The van der Waals surface area contributed by atoms with Gasteiger partial charge in [-0.25, -0.2) is 4.98 Å². The minimum absolute atomic E-state index is 0.0890. The van der Waals surface area contributed by atoms with Crippen molar-refractivity contribution in [2.75, 3.05) is 31.2 Å². The molecule has 1 aliphatic heterocycles. The number of hydrogen-bond donors (Lipinski definition) is 0. The van der Waals surface area contributed by atoms with Crippen LogP contribution >= 0.6 is 27.3 Å². The van der Waals surface area contributed by atoms with Crippen molar-refractivity contribution >= 4 is 55.1 Å². The van der Waals surface area contributed by atoms with E-state index in [4.69, 9.17) is 4.74 Å². The number of pyridine rings is 1. The highest BCUT2D eigenvalue weighted by atomic mass is 79.9. The van der Waals surface area contributed by atoms with Crippen molar-refractivity contribution in [3.05, 3.63) is 25.2 Å². The molecule has 1 aliphatic rings. The van der Waals surface area contributed by atoms with Crippen LogP contribution in [0.2, 0.25) is 0 Å². The summed E-state index contributed by atoms with van der Waals surface area (Å²) in [5.74, 6) is 0.664. The Balaban J connectivity index is 2.32. The number of rotatable bonds is 3. The van der Waals surface area contributed by atoms with Crippen LogP contribution in [-0.4, -0.2) is 42.5 Å². The molecule has 0 saturated carbocycles. The van der Waals surface area contributed by atoms with Crippen LogP contribution in [-0.2, 0) is 4.74 Å². The Labute approximate surface area is 138 Å². The second kappa shape index (κ2) is 5.90. The van der Waals surface area contributed by atoms with Crippen LogP contribution in [0.1, 0.15) is 15.2 Å². The van der Waals surface area contributed by atoms with E-state index in [1.54, 1.807) is 6.92 Å². The molecule has 3 heterocycles. The number of nitro groups is 1. The third kappa shape index (κ3) is 2.38. The molecule has 2 aromatic rings. The number of carbonyl (C=O) groups excluding carboxylic acids is 1. The molecule has 0 radical (unpaired) electrons. The van der Waals surface area contributed by atoms with Crippen LogP contribution in [0, 0.1) is 17.0 Å². The van der Waals surface area contributed by atoms with E-state index in [1.807, 2.05) is 4.90 Å². The summed E-state index contributed by atoms with van der Waals surface area (Å²) < 4.78 is 6.20. The van der Waals surface area contributed by atoms with Crippen molar-refractivity contribution in [1.29, 1.82) is 0 Å². The van der Waals surface area contributed by atoms with Gasteiger partial charge in [-0.3, -0.25) is 14.9 Å². The Morgan fingerprint density at radius 3 is 2.73 bits per heavy atom.